The van der Waals surface area contributed by atoms with Gasteiger partial charge < -0.3 is 10.7 Å². The first-order chi connectivity index (χ1) is 13.5. The molecule has 0 radical (unpaired) electrons. The second-order valence-electron chi connectivity index (χ2n) is 5.61. The van der Waals surface area contributed by atoms with Crippen molar-refractivity contribution >= 4 is 29.7 Å². The number of hydrogen-bond donors (Lipinski definition) is 5. The first-order valence-electron chi connectivity index (χ1n) is 8.50. The summed E-state index contributed by atoms with van der Waals surface area (Å²) < 4.78 is 0. The molecule has 0 atom stereocenters. The Hall–Kier alpha value is -3.66. The van der Waals surface area contributed by atoms with E-state index in [0.29, 0.717) is 41.2 Å². The van der Waals surface area contributed by atoms with E-state index in [1.807, 2.05) is 6.92 Å². The number of nitrogen functional groups attached to an aromatic ring is 1. The van der Waals surface area contributed by atoms with Crippen molar-refractivity contribution in [2.24, 2.45) is 10.8 Å². The lowest BCUT2D eigenvalue weighted by Crippen LogP contribution is -2.30. The minimum absolute atomic E-state index is 0.289. The number of aliphatic imine (C=N–C) groups is 1. The van der Waals surface area contributed by atoms with Crippen LogP contribution in [-0.4, -0.2) is 47.4 Å². The molecule has 0 aliphatic heterocycles. The van der Waals surface area contributed by atoms with E-state index in [-0.39, 0.29) is 11.6 Å². The smallest absolute Gasteiger partial charge is 0.320 e. The topological polar surface area (TPSA) is 158 Å². The number of nitrogens with two attached hydrogens (primary N) is 1. The summed E-state index contributed by atoms with van der Waals surface area (Å²) >= 11 is 0. The summed E-state index contributed by atoms with van der Waals surface area (Å²) in [6.45, 7) is 2.29. The molecule has 2 aromatic heterocycles. The fourth-order valence-electron chi connectivity index (χ4n) is 2.53. The molecule has 6 N–H and O–H groups in total. The van der Waals surface area contributed by atoms with Crippen LogP contribution in [0.15, 0.2) is 35.7 Å². The highest BCUT2D eigenvalue weighted by atomic mass is 16.2. The van der Waals surface area contributed by atoms with E-state index in [4.69, 9.17) is 11.3 Å². The number of carbonyl (C=O) groups excluding carboxylic acids is 2. The Morgan fingerprint density at radius 2 is 2.07 bits per heavy atom. The van der Waals surface area contributed by atoms with Crippen molar-refractivity contribution in [3.8, 4) is 11.1 Å². The first-order valence-corrected chi connectivity index (χ1v) is 8.50. The lowest BCUT2D eigenvalue weighted by molar-refractivity contribution is 0.0953. The minimum Gasteiger partial charge on any atom is -0.338 e. The number of amides is 3. The average molecular weight is 382 g/mol. The molecule has 0 saturated carbocycles. The molecular formula is C18H22N8O2. The van der Waals surface area contributed by atoms with Gasteiger partial charge in [0.15, 0.2) is 0 Å². The Morgan fingerprint density at radius 1 is 1.29 bits per heavy atom. The summed E-state index contributed by atoms with van der Waals surface area (Å²) in [4.78, 5) is 36.2. The maximum atomic E-state index is 11.8. The number of carbonyl (C=O) groups is 2. The monoisotopic (exact) mass is 382 g/mol. The van der Waals surface area contributed by atoms with Crippen molar-refractivity contribution < 1.29 is 9.59 Å². The van der Waals surface area contributed by atoms with Crippen LogP contribution in [0.25, 0.3) is 11.1 Å². The summed E-state index contributed by atoms with van der Waals surface area (Å²) in [5, 5.41) is 12.7. The second-order valence-corrected chi connectivity index (χ2v) is 5.61. The zero-order chi connectivity index (χ0) is 20.5. The van der Waals surface area contributed by atoms with Gasteiger partial charge in [-0.15, -0.1) is 0 Å². The number of anilines is 1. The fraction of sp³-hybridized carbons (Fsp3) is 0.222. The predicted octanol–water partition coefficient (Wildman–Crippen LogP) is 1.35. The van der Waals surface area contributed by atoms with Crippen LogP contribution in [0.4, 0.5) is 10.6 Å². The van der Waals surface area contributed by atoms with Gasteiger partial charge in [-0.05, 0) is 19.1 Å². The molecule has 3 amide bonds. The van der Waals surface area contributed by atoms with Gasteiger partial charge in [0, 0.05) is 67.2 Å². The Bertz CT molecular complexity index is 910. The van der Waals surface area contributed by atoms with Crippen LogP contribution in [0.2, 0.25) is 0 Å². The van der Waals surface area contributed by atoms with Gasteiger partial charge in [-0.3, -0.25) is 25.5 Å². The third-order valence-electron chi connectivity index (χ3n) is 3.80. The molecule has 28 heavy (non-hydrogen) atoms. The van der Waals surface area contributed by atoms with Crippen LogP contribution in [0, 0.1) is 5.41 Å². The zero-order valence-electron chi connectivity index (χ0n) is 15.6. The number of hydrogen-bond acceptors (Lipinski definition) is 7. The van der Waals surface area contributed by atoms with E-state index in [1.54, 1.807) is 31.6 Å². The van der Waals surface area contributed by atoms with Crippen LogP contribution in [0.3, 0.4) is 0 Å². The summed E-state index contributed by atoms with van der Waals surface area (Å²) in [6.07, 6.45) is 6.08. The maximum Gasteiger partial charge on any atom is 0.320 e. The third-order valence-corrected chi connectivity index (χ3v) is 3.80. The molecule has 146 valence electrons. The zero-order valence-corrected chi connectivity index (χ0v) is 15.6. The van der Waals surface area contributed by atoms with Crippen molar-refractivity contribution in [3.63, 3.8) is 0 Å². The number of urea groups is 1. The Labute approximate surface area is 162 Å². The molecule has 2 heterocycles. The van der Waals surface area contributed by atoms with Crippen LogP contribution >= 0.6 is 0 Å². The molecule has 2 rings (SSSR count). The first kappa shape index (κ1) is 20.6. The summed E-state index contributed by atoms with van der Waals surface area (Å²) in [7, 11) is 1.62. The molecule has 0 aliphatic carbocycles. The Balaban J connectivity index is 2.55. The molecule has 0 spiro atoms. The molecule has 0 unspecified atom stereocenters. The number of hydrazine groups is 1. The number of nitrogens with one attached hydrogen (secondary N) is 4. The average Bonchev–Trinajstić information content (AvgIpc) is 2.71. The normalized spacial score (nSPS) is 10.9. The number of rotatable bonds is 7. The lowest BCUT2D eigenvalue weighted by Gasteiger charge is -2.14. The van der Waals surface area contributed by atoms with Crippen molar-refractivity contribution in [1.29, 1.82) is 5.41 Å². The summed E-state index contributed by atoms with van der Waals surface area (Å²) in [5.74, 6) is 5.06. The van der Waals surface area contributed by atoms with E-state index >= 15 is 0 Å². The van der Waals surface area contributed by atoms with E-state index in [0.717, 1.165) is 0 Å². The second kappa shape index (κ2) is 9.88. The van der Waals surface area contributed by atoms with E-state index in [9.17, 15) is 9.59 Å². The van der Waals surface area contributed by atoms with E-state index in [1.165, 1.54) is 12.4 Å². The quantitative estimate of drug-likeness (QED) is 0.211. The van der Waals surface area contributed by atoms with Gasteiger partial charge in [0.05, 0.1) is 5.56 Å². The highest BCUT2D eigenvalue weighted by molar-refractivity contribution is 6.11. The molecule has 0 saturated heterocycles. The van der Waals surface area contributed by atoms with Crippen molar-refractivity contribution in [2.75, 3.05) is 18.9 Å². The van der Waals surface area contributed by atoms with Crippen molar-refractivity contribution in [2.45, 2.75) is 13.3 Å². The number of aromatic nitrogens is 2. The molecular weight excluding hydrogens is 360 g/mol. The standard InChI is InChI=1S/C18H22N8O2/c1-3-23-18(28)25-16-7-13(15(21-2)4-5-19)14(10-24-16)11-6-12(9-22-8-11)17(27)26-20/h5-10,19H,3-4,20H2,1-2H3,(H,26,27)(H2,23,24,25,28). The highest BCUT2D eigenvalue weighted by Crippen LogP contribution is 2.26. The van der Waals surface area contributed by atoms with Crippen LogP contribution in [0.1, 0.15) is 29.3 Å². The van der Waals surface area contributed by atoms with Crippen molar-refractivity contribution in [1.82, 2.24) is 20.7 Å². The van der Waals surface area contributed by atoms with Gasteiger partial charge in [0.25, 0.3) is 5.91 Å². The minimum atomic E-state index is -0.470. The lowest BCUT2D eigenvalue weighted by atomic mass is 9.97. The Morgan fingerprint density at radius 3 is 2.71 bits per heavy atom. The van der Waals surface area contributed by atoms with E-state index < -0.39 is 5.91 Å². The van der Waals surface area contributed by atoms with Gasteiger partial charge in [0.2, 0.25) is 0 Å². The molecule has 0 aromatic carbocycles. The molecule has 0 bridgehead atoms. The van der Waals surface area contributed by atoms with Gasteiger partial charge in [0.1, 0.15) is 5.82 Å². The van der Waals surface area contributed by atoms with Gasteiger partial charge in [-0.25, -0.2) is 15.6 Å². The largest absolute Gasteiger partial charge is 0.338 e. The maximum absolute atomic E-state index is 11.8. The van der Waals surface area contributed by atoms with Crippen LogP contribution in [0.5, 0.6) is 0 Å². The predicted molar refractivity (Wildman–Crippen MR) is 108 cm³/mol. The SMILES string of the molecule is CCNC(=O)Nc1cc(C(CC=N)=NC)c(-c2cncc(C(=O)NN)c2)cn1. The van der Waals surface area contributed by atoms with Crippen LogP contribution < -0.4 is 21.9 Å². The summed E-state index contributed by atoms with van der Waals surface area (Å²) in [6, 6.07) is 2.93. The van der Waals surface area contributed by atoms with E-state index in [2.05, 4.69) is 31.0 Å². The molecule has 10 heteroatoms. The molecule has 0 aliphatic rings. The number of pyridine rings is 2. The van der Waals surface area contributed by atoms with Crippen molar-refractivity contribution in [3.05, 3.63) is 41.9 Å². The Kier molecular flexibility index (Phi) is 7.28. The molecule has 2 aromatic rings. The highest BCUT2D eigenvalue weighted by Gasteiger charge is 2.15. The van der Waals surface area contributed by atoms with Gasteiger partial charge >= 0.3 is 6.03 Å². The van der Waals surface area contributed by atoms with Crippen LogP contribution in [-0.2, 0) is 0 Å². The van der Waals surface area contributed by atoms with Gasteiger partial charge in [-0.1, -0.05) is 0 Å². The molecule has 10 nitrogen and oxygen atoms in total. The number of nitrogens with zero attached hydrogens (tertiary/aromatic N) is 3. The fourth-order valence-corrected chi connectivity index (χ4v) is 2.53. The molecule has 0 fully saturated rings. The third kappa shape index (κ3) is 4.95. The summed E-state index contributed by atoms with van der Waals surface area (Å²) in [5.41, 5.74) is 4.93. The van der Waals surface area contributed by atoms with Gasteiger partial charge in [-0.2, -0.15) is 0 Å².